The van der Waals surface area contributed by atoms with E-state index in [1.807, 2.05) is 0 Å². The van der Waals surface area contributed by atoms with E-state index in [2.05, 4.69) is 36.2 Å². The quantitative estimate of drug-likeness (QED) is 0.00509. The van der Waals surface area contributed by atoms with Gasteiger partial charge in [-0.05, 0) is 165 Å². The van der Waals surface area contributed by atoms with Crippen LogP contribution in [0.25, 0.3) is 0 Å². The maximum atomic E-state index is 14.4. The number of unbranched alkanes of at least 4 members (excludes halogenated alkanes) is 4. The van der Waals surface area contributed by atoms with Crippen LogP contribution >= 0.6 is 27.2 Å². The number of phosphoric ester groups is 2. The number of aryl methyl sites for hydroxylation is 2. The number of carbonyl (C=O) groups excluding carboxylic acids is 11. The Morgan fingerprint density at radius 2 is 1.13 bits per heavy atom. The van der Waals surface area contributed by atoms with Crippen molar-refractivity contribution in [1.82, 2.24) is 41.7 Å². The van der Waals surface area contributed by atoms with Crippen molar-refractivity contribution in [3.8, 4) is 0 Å². The summed E-state index contributed by atoms with van der Waals surface area (Å²) in [6.07, 6.45) is 0.383. The number of rotatable bonds is 48. The molecule has 740 valence electrons. The second-order valence-corrected chi connectivity index (χ2v) is 40.6. The highest BCUT2D eigenvalue weighted by Crippen LogP contribution is 2.60. The van der Waals surface area contributed by atoms with Crippen LogP contribution < -0.4 is 31.9 Å². The smallest absolute Gasteiger partial charge is 0.456 e. The molecule has 1 heterocycles. The molecule has 0 saturated carbocycles. The summed E-state index contributed by atoms with van der Waals surface area (Å²) in [5.74, 6) is -11.5. The fourth-order valence-corrected chi connectivity index (χ4v) is 18.9. The number of halogens is 1. The van der Waals surface area contributed by atoms with E-state index in [0.29, 0.717) is 35.4 Å². The number of sulfone groups is 2. The zero-order chi connectivity index (χ0) is 98.8. The molecular formula is C91H133ClN8O29P2S2. The van der Waals surface area contributed by atoms with Crippen LogP contribution in [0.4, 0.5) is 4.79 Å². The van der Waals surface area contributed by atoms with Gasteiger partial charge < -0.3 is 84.6 Å². The van der Waals surface area contributed by atoms with Crippen LogP contribution in [0, 0.1) is 37.5 Å². The summed E-state index contributed by atoms with van der Waals surface area (Å²) >= 11 is 6.18. The number of ketones is 1. The average Bonchev–Trinajstić information content (AvgIpc) is 0.804. The van der Waals surface area contributed by atoms with Gasteiger partial charge in [0.05, 0.1) is 99.8 Å². The number of hydrogen-bond donors (Lipinski definition) is 8. The van der Waals surface area contributed by atoms with E-state index >= 15 is 0 Å². The number of carbonyl (C=O) groups is 11. The minimum Gasteiger partial charge on any atom is -0.456 e. The maximum Gasteiger partial charge on any atom is 0.481 e. The Kier molecular flexibility index (Phi) is 49.5. The lowest BCUT2D eigenvalue weighted by molar-refractivity contribution is -0.155. The minimum absolute atomic E-state index is 0.0117. The van der Waals surface area contributed by atoms with Crippen molar-refractivity contribution in [3.63, 3.8) is 0 Å². The molecule has 0 radical (unpaired) electrons. The molecule has 11 atom stereocenters. The van der Waals surface area contributed by atoms with E-state index < -0.39 is 179 Å². The topological polar surface area (TPSA) is 502 Å². The molecule has 42 heteroatoms. The lowest BCUT2D eigenvalue weighted by Gasteiger charge is -2.33. The number of Topliss-reactive ketones (excluding diaryl/α,β-unsaturated/α-hetero) is 1. The number of nitrogens with one attached hydrogen (secondary N) is 6. The molecule has 0 fully saturated rings. The summed E-state index contributed by atoms with van der Waals surface area (Å²) in [6, 6.07) is 19.1. The van der Waals surface area contributed by atoms with Crippen LogP contribution in [-0.2, 0) is 120 Å². The largest absolute Gasteiger partial charge is 0.481 e. The summed E-state index contributed by atoms with van der Waals surface area (Å²) in [7, 11) is -15.7. The molecule has 2 unspecified atom stereocenters. The van der Waals surface area contributed by atoms with Crippen LogP contribution in [0.3, 0.4) is 0 Å². The van der Waals surface area contributed by atoms with Gasteiger partial charge in [-0.25, -0.2) is 40.3 Å². The first kappa shape index (κ1) is 114. The van der Waals surface area contributed by atoms with Gasteiger partial charge in [-0.3, -0.25) is 47.4 Å². The number of esters is 2. The standard InChI is InChI=1S/C91H133ClN8O29P2S2/c1-15-63(7)81-86(106)97-68(12)90(110)128-83(64(8)16-2)66(10)77(40-27-65(9)89(109)126-78(55-60(3)4)85(105)96-67(11)87(107)100(14)76(56-69-28-34-73(92)35-29-69)88(108)99(13)57-80(102)98-81)127-91(111)95-43-20-18-22-46-125-131(114,115)129-130(112,113)124-45-21-17-19-42-93-79(101)41-47-120-49-51-122-53-54-123-52-50-121-48-44-94-84(104)71-32-30-70(31-33-71)82(103)72(58-132(116,117)74-36-23-61(5)24-37-74)59-133(118,119)75-38-25-62(6)26-39-75/h16,23-39,60,63,66-68,72,76-78,81,83H,15,17-22,40-59H2,1-14H3,(H,93,101)(H,94,104)(H,95,111)(H,96,105)(H,97,106)(H,98,102)(H,112,113)(H,114,115)/b64-16+,65-27-/t63-,66+,67+,68-,76-,77+,78-,81+,83-/m1/s1. The zero-order valence-corrected chi connectivity index (χ0v) is 82.4. The number of cyclic esters (lactones) is 2. The fourth-order valence-electron chi connectivity index (χ4n) is 13.4. The van der Waals surface area contributed by atoms with E-state index in [0.717, 1.165) is 20.9 Å². The molecule has 1 aliphatic rings. The van der Waals surface area contributed by atoms with Crippen molar-refractivity contribution in [1.29, 1.82) is 0 Å². The first-order valence-corrected chi connectivity index (χ1v) is 51.0. The molecule has 0 bridgehead atoms. The molecular weight excluding hydrogens is 1830 g/mol. The minimum atomic E-state index is -5.13. The van der Waals surface area contributed by atoms with Gasteiger partial charge in [0.15, 0.2) is 31.6 Å². The van der Waals surface area contributed by atoms with E-state index in [9.17, 15) is 88.5 Å². The first-order chi connectivity index (χ1) is 62.8. The third-order valence-corrected chi connectivity index (χ3v) is 28.2. The molecule has 0 spiro atoms. The van der Waals surface area contributed by atoms with Gasteiger partial charge in [0, 0.05) is 80.6 Å². The molecule has 4 aromatic carbocycles. The fraction of sp³-hybridized carbons (Fsp3) is 0.571. The monoisotopic (exact) mass is 1960 g/mol. The van der Waals surface area contributed by atoms with E-state index in [4.69, 9.17) is 53.8 Å². The summed E-state index contributed by atoms with van der Waals surface area (Å²) in [5.41, 5.74) is 2.96. The number of amides is 8. The van der Waals surface area contributed by atoms with Gasteiger partial charge in [-0.1, -0.05) is 124 Å². The van der Waals surface area contributed by atoms with Crippen molar-refractivity contribution >= 4 is 112 Å². The maximum absolute atomic E-state index is 14.4. The Morgan fingerprint density at radius 1 is 0.617 bits per heavy atom. The van der Waals surface area contributed by atoms with Gasteiger partial charge in [0.1, 0.15) is 36.4 Å². The van der Waals surface area contributed by atoms with E-state index in [-0.39, 0.29) is 169 Å². The highest BCUT2D eigenvalue weighted by molar-refractivity contribution is 7.92. The van der Waals surface area contributed by atoms with Crippen LogP contribution in [0.2, 0.25) is 5.02 Å². The second kappa shape index (κ2) is 57.6. The Labute approximate surface area is 785 Å². The summed E-state index contributed by atoms with van der Waals surface area (Å²) in [4.78, 5) is 175. The summed E-state index contributed by atoms with van der Waals surface area (Å²) < 4.78 is 134. The SMILES string of the molecule is C/C=C(\C)[C@H]1OC(=O)[C@@H](C)NC(=O)[C@H]([C@H](C)CC)NC(=O)CN(C)C(=O)[C@@H](Cc2ccc(Cl)cc2)N(C)C(=O)[C@H](C)NC(=O)[C@@H](CC(C)C)OC(=O)/C(C)=C\C[C@H](OC(=O)NCCCCCOP(=O)(O)OP(=O)(O)OCCCCCNC(=O)CCOCCOCCOCCOCCNC(=O)c2ccc(C(=O)C(CS(=O)(=O)c3ccc(C)cc3)CS(=O)(=O)c3ccc(C)cc3)cc2)[C@@H]1C. The predicted octanol–water partition coefficient (Wildman–Crippen LogP) is 9.58. The third kappa shape index (κ3) is 41.5. The van der Waals surface area contributed by atoms with E-state index in [1.165, 1.54) is 89.5 Å². The number of alkyl carbamates (subject to hydrolysis) is 1. The predicted molar refractivity (Wildman–Crippen MR) is 495 cm³/mol. The zero-order valence-electron chi connectivity index (χ0n) is 78.2. The highest BCUT2D eigenvalue weighted by atomic mass is 35.5. The Bertz CT molecular complexity index is 4800. The van der Waals surface area contributed by atoms with Gasteiger partial charge in [0.25, 0.3) is 11.8 Å². The second-order valence-electron chi connectivity index (χ2n) is 33.1. The van der Waals surface area contributed by atoms with Crippen molar-refractivity contribution in [2.75, 3.05) is 118 Å². The van der Waals surface area contributed by atoms with Gasteiger partial charge in [0.2, 0.25) is 29.5 Å². The van der Waals surface area contributed by atoms with Crippen molar-refractivity contribution < 1.29 is 135 Å². The lowest BCUT2D eigenvalue weighted by Crippen LogP contribution is -2.57. The number of allylic oxidation sites excluding steroid dienone is 1. The molecule has 8 amide bonds. The van der Waals surface area contributed by atoms with Crippen molar-refractivity contribution in [2.24, 2.45) is 23.7 Å². The number of nitrogens with zero attached hydrogens (tertiary/aromatic N) is 2. The van der Waals surface area contributed by atoms with Gasteiger partial charge >= 0.3 is 33.7 Å². The first-order valence-electron chi connectivity index (χ1n) is 44.3. The summed E-state index contributed by atoms with van der Waals surface area (Å²) in [5, 5.41) is 16.5. The van der Waals surface area contributed by atoms with Crippen molar-refractivity contribution in [2.45, 2.75) is 206 Å². The third-order valence-electron chi connectivity index (χ3n) is 21.6. The van der Waals surface area contributed by atoms with Gasteiger partial charge in [-0.15, -0.1) is 0 Å². The van der Waals surface area contributed by atoms with Crippen LogP contribution in [0.1, 0.15) is 171 Å². The number of benzene rings is 4. The number of phosphoric acid groups is 2. The molecule has 0 saturated heterocycles. The Hall–Kier alpha value is -9.18. The molecule has 1 aliphatic heterocycles. The lowest BCUT2D eigenvalue weighted by atomic mass is 9.90. The van der Waals surface area contributed by atoms with Crippen molar-refractivity contribution in [3.05, 3.63) is 153 Å². The highest BCUT2D eigenvalue weighted by Gasteiger charge is 2.41. The molecule has 8 N–H and O–H groups in total. The number of hydrogen-bond acceptors (Lipinski definition) is 27. The molecule has 133 heavy (non-hydrogen) atoms. The van der Waals surface area contributed by atoms with Crippen LogP contribution in [0.15, 0.2) is 130 Å². The molecule has 4 aromatic rings. The average molecular weight is 1960 g/mol. The Morgan fingerprint density at radius 3 is 1.65 bits per heavy atom. The number of likely N-dealkylation sites (N-methyl/N-ethyl adjacent to an activating group) is 2. The molecule has 37 nitrogen and oxygen atoms in total. The summed E-state index contributed by atoms with van der Waals surface area (Å²) in [6.45, 7) is 20.6. The van der Waals surface area contributed by atoms with Crippen LogP contribution in [0.5, 0.6) is 0 Å². The van der Waals surface area contributed by atoms with Gasteiger partial charge in [-0.2, -0.15) is 4.31 Å². The molecule has 0 aliphatic carbocycles. The number of ether oxygens (including phenoxy) is 7. The molecule has 0 aromatic heterocycles. The van der Waals surface area contributed by atoms with E-state index in [1.54, 1.807) is 117 Å². The Balaban J connectivity index is 0.980. The normalized spacial score (nSPS) is 20.4. The van der Waals surface area contributed by atoms with Crippen LogP contribution in [-0.4, -0.2) is 262 Å². The molecule has 5 rings (SSSR count).